The fourth-order valence-electron chi connectivity index (χ4n) is 1.27. The number of aryl methyl sites for hydroxylation is 2. The highest BCUT2D eigenvalue weighted by atomic mass is 19.4. The molecule has 1 rings (SSSR count). The van der Waals surface area contributed by atoms with Gasteiger partial charge >= 0.3 is 6.30 Å². The molecule has 0 fully saturated rings. The van der Waals surface area contributed by atoms with Crippen LogP contribution >= 0.6 is 0 Å². The lowest BCUT2D eigenvalue weighted by atomic mass is 10.1. The monoisotopic (exact) mass is 205 g/mol. The summed E-state index contributed by atoms with van der Waals surface area (Å²) in [6, 6.07) is 4.66. The lowest BCUT2D eigenvalue weighted by Gasteiger charge is -2.22. The zero-order valence-electron chi connectivity index (χ0n) is 7.76. The summed E-state index contributed by atoms with van der Waals surface area (Å²) in [4.78, 5) is 0. The fraction of sp³-hybridized carbons (Fsp3) is 0.333. The van der Waals surface area contributed by atoms with Crippen molar-refractivity contribution in [2.75, 3.05) is 5.06 Å². The Bertz CT molecular complexity index is 315. The van der Waals surface area contributed by atoms with E-state index in [2.05, 4.69) is 0 Å². The number of benzene rings is 1. The van der Waals surface area contributed by atoms with E-state index >= 15 is 0 Å². The number of rotatable bonds is 1. The number of anilines is 1. The van der Waals surface area contributed by atoms with Crippen molar-refractivity contribution in [3.8, 4) is 0 Å². The van der Waals surface area contributed by atoms with Gasteiger partial charge in [0.15, 0.2) is 0 Å². The summed E-state index contributed by atoms with van der Waals surface area (Å²) < 4.78 is 36.5. The van der Waals surface area contributed by atoms with E-state index < -0.39 is 11.4 Å². The topological polar surface area (TPSA) is 23.5 Å². The van der Waals surface area contributed by atoms with E-state index in [1.807, 2.05) is 0 Å². The Balaban J connectivity index is 3.19. The van der Waals surface area contributed by atoms with Gasteiger partial charge in [0.2, 0.25) is 0 Å². The number of halogens is 3. The van der Waals surface area contributed by atoms with Gasteiger partial charge in [0, 0.05) is 0 Å². The van der Waals surface area contributed by atoms with Crippen LogP contribution < -0.4 is 5.06 Å². The molecule has 78 valence electrons. The van der Waals surface area contributed by atoms with Gasteiger partial charge in [-0.15, -0.1) is 13.2 Å². The van der Waals surface area contributed by atoms with E-state index in [4.69, 9.17) is 5.21 Å². The van der Waals surface area contributed by atoms with Gasteiger partial charge in [0.25, 0.3) is 0 Å². The number of alkyl halides is 3. The minimum atomic E-state index is -4.77. The molecule has 0 saturated heterocycles. The fourth-order valence-corrected chi connectivity index (χ4v) is 1.27. The maximum Gasteiger partial charge on any atom is 0.508 e. The number of nitrogens with zero attached hydrogens (tertiary/aromatic N) is 1. The third-order valence-corrected chi connectivity index (χ3v) is 1.89. The van der Waals surface area contributed by atoms with Gasteiger partial charge in [-0.3, -0.25) is 5.21 Å². The van der Waals surface area contributed by atoms with Gasteiger partial charge in [-0.1, -0.05) is 18.2 Å². The average Bonchev–Trinajstić information content (AvgIpc) is 2.01. The molecule has 1 aromatic rings. The first-order chi connectivity index (χ1) is 6.34. The van der Waals surface area contributed by atoms with Crippen molar-refractivity contribution in [3.05, 3.63) is 29.3 Å². The van der Waals surface area contributed by atoms with Gasteiger partial charge in [0.05, 0.1) is 5.69 Å². The quantitative estimate of drug-likeness (QED) is 0.562. The van der Waals surface area contributed by atoms with Crippen LogP contribution in [0.15, 0.2) is 18.2 Å². The Labute approximate surface area is 79.5 Å². The predicted octanol–water partition coefficient (Wildman–Crippen LogP) is 3.02. The van der Waals surface area contributed by atoms with E-state index in [0.717, 1.165) is 0 Å². The number of para-hydroxylation sites is 1. The molecule has 0 unspecified atom stereocenters. The molecule has 0 radical (unpaired) electrons. The zero-order chi connectivity index (χ0) is 10.9. The molecular formula is C9H10F3NO. The van der Waals surface area contributed by atoms with E-state index in [-0.39, 0.29) is 5.69 Å². The van der Waals surface area contributed by atoms with E-state index in [1.165, 1.54) is 26.0 Å². The Morgan fingerprint density at radius 1 is 1.14 bits per heavy atom. The van der Waals surface area contributed by atoms with Crippen molar-refractivity contribution in [3.63, 3.8) is 0 Å². The zero-order valence-corrected chi connectivity index (χ0v) is 7.76. The molecule has 0 atom stereocenters. The largest absolute Gasteiger partial charge is 0.508 e. The van der Waals surface area contributed by atoms with Gasteiger partial charge < -0.3 is 0 Å². The van der Waals surface area contributed by atoms with Crippen molar-refractivity contribution in [1.29, 1.82) is 0 Å². The highest BCUT2D eigenvalue weighted by Gasteiger charge is 2.38. The molecule has 1 N–H and O–H groups in total. The second-order valence-corrected chi connectivity index (χ2v) is 3.02. The van der Waals surface area contributed by atoms with Crippen LogP contribution in [0.5, 0.6) is 0 Å². The molecule has 0 amide bonds. The Morgan fingerprint density at radius 3 is 1.93 bits per heavy atom. The first kappa shape index (κ1) is 10.8. The molecule has 0 aliphatic carbocycles. The number of hydroxylamine groups is 1. The molecule has 0 heterocycles. The summed E-state index contributed by atoms with van der Waals surface area (Å²) in [6.07, 6.45) is -4.77. The summed E-state index contributed by atoms with van der Waals surface area (Å²) >= 11 is 0. The van der Waals surface area contributed by atoms with Crippen LogP contribution in [0.1, 0.15) is 11.1 Å². The first-order valence-corrected chi connectivity index (χ1v) is 3.96. The molecule has 14 heavy (non-hydrogen) atoms. The van der Waals surface area contributed by atoms with E-state index in [9.17, 15) is 13.2 Å². The normalized spacial score (nSPS) is 11.6. The molecule has 0 spiro atoms. The Kier molecular flexibility index (Phi) is 2.71. The maximum absolute atomic E-state index is 12.2. The standard InChI is InChI=1S/C9H10F3NO/c1-6-4-3-5-7(2)8(6)13(14)9(10,11)12/h3-5,14H,1-2H3. The number of hydrogen-bond acceptors (Lipinski definition) is 2. The molecule has 5 heteroatoms. The van der Waals surface area contributed by atoms with Crippen molar-refractivity contribution < 1.29 is 18.4 Å². The molecule has 2 nitrogen and oxygen atoms in total. The Morgan fingerprint density at radius 2 is 1.57 bits per heavy atom. The van der Waals surface area contributed by atoms with Crippen LogP contribution in [-0.2, 0) is 0 Å². The van der Waals surface area contributed by atoms with Gasteiger partial charge in [-0.25, -0.2) is 0 Å². The summed E-state index contributed by atoms with van der Waals surface area (Å²) in [6.45, 7) is 3.02. The van der Waals surface area contributed by atoms with Crippen LogP contribution in [0.4, 0.5) is 18.9 Å². The van der Waals surface area contributed by atoms with Crippen molar-refractivity contribution >= 4 is 5.69 Å². The third kappa shape index (κ3) is 1.98. The number of hydrogen-bond donors (Lipinski definition) is 1. The second kappa shape index (κ2) is 3.49. The van der Waals surface area contributed by atoms with Crippen molar-refractivity contribution in [2.45, 2.75) is 20.1 Å². The van der Waals surface area contributed by atoms with Crippen LogP contribution in [0.3, 0.4) is 0 Å². The van der Waals surface area contributed by atoms with Crippen LogP contribution in [0, 0.1) is 13.8 Å². The van der Waals surface area contributed by atoms with Gasteiger partial charge in [-0.05, 0) is 25.0 Å². The minimum Gasteiger partial charge on any atom is -0.281 e. The van der Waals surface area contributed by atoms with Crippen LogP contribution in [-0.4, -0.2) is 11.5 Å². The summed E-state index contributed by atoms with van der Waals surface area (Å²) in [5, 5.41) is 8.27. The highest BCUT2D eigenvalue weighted by Crippen LogP contribution is 2.31. The smallest absolute Gasteiger partial charge is 0.281 e. The molecule has 0 aromatic heterocycles. The summed E-state index contributed by atoms with van der Waals surface area (Å²) in [5.41, 5.74) is 0.551. The first-order valence-electron chi connectivity index (χ1n) is 3.96. The van der Waals surface area contributed by atoms with Gasteiger partial charge in [0.1, 0.15) is 0 Å². The lowest BCUT2D eigenvalue weighted by Crippen LogP contribution is -2.35. The third-order valence-electron chi connectivity index (χ3n) is 1.89. The van der Waals surface area contributed by atoms with Crippen LogP contribution in [0.2, 0.25) is 0 Å². The van der Waals surface area contributed by atoms with Crippen LogP contribution in [0.25, 0.3) is 0 Å². The summed E-state index contributed by atoms with van der Waals surface area (Å²) in [7, 11) is 0. The minimum absolute atomic E-state index is 0.208. The van der Waals surface area contributed by atoms with Crippen molar-refractivity contribution in [1.82, 2.24) is 0 Å². The lowest BCUT2D eigenvalue weighted by molar-refractivity contribution is -0.177. The Hall–Kier alpha value is -1.23. The summed E-state index contributed by atoms with van der Waals surface area (Å²) in [5.74, 6) is 0. The SMILES string of the molecule is Cc1cccc(C)c1N(O)C(F)(F)F. The van der Waals surface area contributed by atoms with E-state index in [0.29, 0.717) is 11.1 Å². The highest BCUT2D eigenvalue weighted by molar-refractivity contribution is 5.57. The molecule has 0 saturated carbocycles. The van der Waals surface area contributed by atoms with Crippen molar-refractivity contribution in [2.24, 2.45) is 0 Å². The molecular weight excluding hydrogens is 195 g/mol. The average molecular weight is 205 g/mol. The predicted molar refractivity (Wildman–Crippen MR) is 46.2 cm³/mol. The maximum atomic E-state index is 12.2. The molecule has 0 bridgehead atoms. The van der Waals surface area contributed by atoms with Gasteiger partial charge in [-0.2, -0.15) is 5.06 Å². The second-order valence-electron chi connectivity index (χ2n) is 3.02. The molecule has 0 aliphatic heterocycles. The molecule has 1 aromatic carbocycles. The molecule has 0 aliphatic rings. The van der Waals surface area contributed by atoms with E-state index in [1.54, 1.807) is 6.07 Å².